The number of hydrogen-bond donors (Lipinski definition) is 4. The van der Waals surface area contributed by atoms with Gasteiger partial charge in [0.2, 0.25) is 0 Å². The number of carbonyl (C=O) groups is 1. The third-order valence-corrected chi connectivity index (χ3v) is 14.5. The maximum atomic E-state index is 12.2. The topological polar surface area (TPSA) is 214 Å². The molecule has 16 heteroatoms. The molecule has 9 aromatic rings. The van der Waals surface area contributed by atoms with Crippen molar-refractivity contribution in [3.8, 4) is 57.0 Å². The first-order valence-electron chi connectivity index (χ1n) is 26.0. The molecule has 0 aliphatic heterocycles. The molecule has 5 aromatic carbocycles. The van der Waals surface area contributed by atoms with E-state index in [0.29, 0.717) is 58.9 Å². The molecule has 390 valence electrons. The highest BCUT2D eigenvalue weighted by Gasteiger charge is 2.30. The van der Waals surface area contributed by atoms with Crippen molar-refractivity contribution in [2.24, 2.45) is 17.6 Å². The average Bonchev–Trinajstić information content (AvgIpc) is 4.11. The van der Waals surface area contributed by atoms with Crippen molar-refractivity contribution in [3.05, 3.63) is 169 Å². The van der Waals surface area contributed by atoms with Crippen molar-refractivity contribution in [2.75, 3.05) is 38.8 Å². The Morgan fingerprint density at radius 3 is 1.47 bits per heavy atom. The lowest BCUT2D eigenvalue weighted by Gasteiger charge is -2.27. The van der Waals surface area contributed by atoms with Crippen LogP contribution in [0, 0.1) is 11.8 Å². The second-order valence-corrected chi connectivity index (χ2v) is 19.4. The number of imidazole rings is 2. The molecular formula is C60H64N10O6. The third kappa shape index (κ3) is 11.5. The van der Waals surface area contributed by atoms with Gasteiger partial charge in [-0.3, -0.25) is 8.80 Å². The number of fused-ring (bicyclic) bond motifs is 2. The monoisotopic (exact) mass is 1020 g/mol. The van der Waals surface area contributed by atoms with E-state index in [-0.39, 0.29) is 18.6 Å². The normalized spacial score (nSPS) is 17.3. The van der Waals surface area contributed by atoms with Gasteiger partial charge in [-0.15, -0.1) is 0 Å². The van der Waals surface area contributed by atoms with Crippen LogP contribution >= 0.6 is 0 Å². The van der Waals surface area contributed by atoms with E-state index in [1.54, 1.807) is 26.6 Å². The Morgan fingerprint density at radius 1 is 0.579 bits per heavy atom. The Balaban J connectivity index is 0.000000179. The molecule has 4 heterocycles. The SMILES string of the molecule is COc1cc(-c2nc([C@H]3CC[C@H](CN)CC3)n3ccnc(N)c23)ccc1Oc1ccccc1.COc1cc(-c2nc([C@H]3CC[C@H](CNC(=O)OCc4ccccc4)CC3)n3ccnc(N)c23)ccc1Oc1ccccc1. The first kappa shape index (κ1) is 50.9. The number of ether oxygens (including phenoxy) is 5. The number of benzene rings is 5. The Labute approximate surface area is 442 Å². The maximum absolute atomic E-state index is 12.2. The fourth-order valence-electron chi connectivity index (χ4n) is 10.5. The molecule has 0 saturated heterocycles. The number of anilines is 2. The van der Waals surface area contributed by atoms with Gasteiger partial charge in [-0.05, 0) is 136 Å². The highest BCUT2D eigenvalue weighted by Crippen LogP contribution is 2.43. The quantitative estimate of drug-likeness (QED) is 0.0753. The van der Waals surface area contributed by atoms with E-state index in [4.69, 9.17) is 50.9 Å². The van der Waals surface area contributed by atoms with Crippen LogP contribution in [0.15, 0.2) is 152 Å². The lowest BCUT2D eigenvalue weighted by Crippen LogP contribution is -2.31. The molecule has 2 fully saturated rings. The van der Waals surface area contributed by atoms with Gasteiger partial charge in [-0.2, -0.15) is 0 Å². The van der Waals surface area contributed by atoms with Gasteiger partial charge in [0.25, 0.3) is 0 Å². The highest BCUT2D eigenvalue weighted by atomic mass is 16.5. The summed E-state index contributed by atoms with van der Waals surface area (Å²) < 4.78 is 33.0. The summed E-state index contributed by atoms with van der Waals surface area (Å²) in [7, 11) is 3.26. The first-order valence-corrected chi connectivity index (χ1v) is 26.0. The standard InChI is InChI=1S/C34H35N5O4.C26H29N5O2/c1-41-29-20-26(16-17-28(29)43-27-10-6-3-7-11-27)30-31-32(35)36-18-19-39(31)33(38-30)25-14-12-23(13-15-25)21-37-34(40)42-22-24-8-4-2-5-9-24;1-32-22-15-19(11-12-21(22)33-20-5-3-2-4-6-20)23-24-25(28)29-13-14-31(24)26(30-23)18-9-7-17(16-27)8-10-18/h2-11,16-20,23,25H,12-15,21-22H2,1H3,(H2,35,36)(H,37,40);2-6,11-15,17-18H,7-10,16,27H2,1H3,(H2,28,29)/t23-,25-;17-,18-. The summed E-state index contributed by atoms with van der Waals surface area (Å²) in [6.45, 7) is 1.62. The molecule has 16 nitrogen and oxygen atoms in total. The Kier molecular flexibility index (Phi) is 15.9. The average molecular weight is 1020 g/mol. The second kappa shape index (κ2) is 23.7. The van der Waals surface area contributed by atoms with Crippen LogP contribution in [0.2, 0.25) is 0 Å². The van der Waals surface area contributed by atoms with Crippen molar-refractivity contribution in [2.45, 2.75) is 69.8 Å². The molecule has 4 aromatic heterocycles. The van der Waals surface area contributed by atoms with Crippen LogP contribution in [-0.2, 0) is 11.3 Å². The molecule has 0 bridgehead atoms. The van der Waals surface area contributed by atoms with E-state index in [1.807, 2.05) is 140 Å². The summed E-state index contributed by atoms with van der Waals surface area (Å²) in [6.07, 6.45) is 15.2. The minimum absolute atomic E-state index is 0.256. The summed E-state index contributed by atoms with van der Waals surface area (Å²) in [5.74, 6) is 8.48. The van der Waals surface area contributed by atoms with E-state index in [1.165, 1.54) is 0 Å². The lowest BCUT2D eigenvalue weighted by atomic mass is 9.81. The number of nitrogens with two attached hydrogens (primary N) is 3. The first-order chi connectivity index (χ1) is 37.3. The molecule has 0 radical (unpaired) electrons. The molecule has 0 unspecified atom stereocenters. The number of nitrogen functional groups attached to an aromatic ring is 2. The van der Waals surface area contributed by atoms with Crippen LogP contribution in [0.5, 0.6) is 34.5 Å². The van der Waals surface area contributed by atoms with Gasteiger partial charge in [0.05, 0.1) is 14.2 Å². The smallest absolute Gasteiger partial charge is 0.407 e. The van der Waals surface area contributed by atoms with Crippen LogP contribution in [0.4, 0.5) is 16.4 Å². The molecule has 1 amide bonds. The number of alkyl carbamates (subject to hydrolysis) is 1. The summed E-state index contributed by atoms with van der Waals surface area (Å²) >= 11 is 0. The van der Waals surface area contributed by atoms with Crippen molar-refractivity contribution in [1.29, 1.82) is 0 Å². The van der Waals surface area contributed by atoms with Crippen molar-refractivity contribution in [3.63, 3.8) is 0 Å². The highest BCUT2D eigenvalue weighted by molar-refractivity contribution is 5.87. The minimum atomic E-state index is -0.381. The molecule has 0 atom stereocenters. The molecule has 2 aliphatic carbocycles. The van der Waals surface area contributed by atoms with Crippen LogP contribution in [0.1, 0.15) is 80.4 Å². The van der Waals surface area contributed by atoms with Gasteiger partial charge < -0.3 is 46.2 Å². The number of aromatic nitrogens is 6. The summed E-state index contributed by atoms with van der Waals surface area (Å²) in [6, 6.07) is 40.6. The Bertz CT molecular complexity index is 3370. The number of nitrogens with zero attached hydrogens (tertiary/aromatic N) is 6. The van der Waals surface area contributed by atoms with Crippen LogP contribution in [0.3, 0.4) is 0 Å². The zero-order valence-electron chi connectivity index (χ0n) is 42.9. The Hall–Kier alpha value is -8.63. The summed E-state index contributed by atoms with van der Waals surface area (Å²) in [4.78, 5) is 31.2. The van der Waals surface area contributed by atoms with Crippen LogP contribution < -0.4 is 41.5 Å². The van der Waals surface area contributed by atoms with Gasteiger partial charge in [0, 0.05) is 54.3 Å². The van der Waals surface area contributed by atoms with Crippen LogP contribution in [-0.4, -0.2) is 62.1 Å². The van der Waals surface area contributed by atoms with Gasteiger partial charge in [0.15, 0.2) is 23.0 Å². The minimum Gasteiger partial charge on any atom is -0.493 e. The number of rotatable bonds is 15. The second-order valence-electron chi connectivity index (χ2n) is 19.4. The molecular weight excluding hydrogens is 957 g/mol. The van der Waals surface area contributed by atoms with E-state index >= 15 is 0 Å². The number of nitrogens with one attached hydrogen (secondary N) is 1. The van der Waals surface area contributed by atoms with Crippen molar-refractivity contribution in [1.82, 2.24) is 34.1 Å². The number of methoxy groups -OCH3 is 2. The largest absolute Gasteiger partial charge is 0.493 e. The van der Waals surface area contributed by atoms with Crippen molar-refractivity contribution < 1.29 is 28.5 Å². The number of para-hydroxylation sites is 2. The van der Waals surface area contributed by atoms with Crippen LogP contribution in [0.25, 0.3) is 33.5 Å². The lowest BCUT2D eigenvalue weighted by molar-refractivity contribution is 0.136. The molecule has 2 saturated carbocycles. The predicted molar refractivity (Wildman–Crippen MR) is 295 cm³/mol. The summed E-state index contributed by atoms with van der Waals surface area (Å²) in [5, 5.41) is 2.94. The van der Waals surface area contributed by atoms with E-state index in [2.05, 4.69) is 24.1 Å². The van der Waals surface area contributed by atoms with Gasteiger partial charge in [0.1, 0.15) is 63.8 Å². The van der Waals surface area contributed by atoms with Gasteiger partial charge >= 0.3 is 6.09 Å². The van der Waals surface area contributed by atoms with E-state index < -0.39 is 0 Å². The van der Waals surface area contributed by atoms with Gasteiger partial charge in [-0.1, -0.05) is 66.7 Å². The fourth-order valence-corrected chi connectivity index (χ4v) is 10.5. The molecule has 0 spiro atoms. The third-order valence-electron chi connectivity index (χ3n) is 14.5. The number of amides is 1. The van der Waals surface area contributed by atoms with Gasteiger partial charge in [-0.25, -0.2) is 24.7 Å². The van der Waals surface area contributed by atoms with Crippen molar-refractivity contribution >= 4 is 28.8 Å². The number of carbonyl (C=O) groups excluding carboxylic acids is 1. The summed E-state index contributed by atoms with van der Waals surface area (Å²) in [5.41, 5.74) is 24.6. The molecule has 11 rings (SSSR count). The van der Waals surface area contributed by atoms with E-state index in [0.717, 1.165) is 120 Å². The Morgan fingerprint density at radius 2 is 1.03 bits per heavy atom. The molecule has 7 N–H and O–H groups in total. The maximum Gasteiger partial charge on any atom is 0.407 e. The predicted octanol–water partition coefficient (Wildman–Crippen LogP) is 12.0. The zero-order valence-corrected chi connectivity index (χ0v) is 42.9. The number of hydrogen-bond acceptors (Lipinski definition) is 13. The molecule has 76 heavy (non-hydrogen) atoms. The molecule has 2 aliphatic rings. The van der Waals surface area contributed by atoms with E-state index in [9.17, 15) is 4.79 Å². The zero-order chi connectivity index (χ0) is 52.4. The fraction of sp³-hybridized carbons (Fsp3) is 0.283.